The fourth-order valence-corrected chi connectivity index (χ4v) is 7.87. The number of fused-ring (bicyclic) bond motifs is 3. The van der Waals surface area contributed by atoms with Crippen LogP contribution in [-0.4, -0.2) is 57.9 Å². The highest BCUT2D eigenvalue weighted by atomic mass is 32.2. The van der Waals surface area contributed by atoms with E-state index in [4.69, 9.17) is 19.6 Å². The molecule has 2 aromatic heterocycles. The number of aromatic nitrogens is 2. The largest absolute Gasteiger partial charge is 0.490 e. The predicted molar refractivity (Wildman–Crippen MR) is 144 cm³/mol. The number of amidine groups is 1. The molecule has 3 aromatic rings. The minimum atomic E-state index is -3.71. The Hall–Kier alpha value is -3.93. The molecule has 11 nitrogen and oxygen atoms in total. The van der Waals surface area contributed by atoms with Crippen molar-refractivity contribution >= 4 is 27.3 Å². The Balaban J connectivity index is 1.45. The van der Waals surface area contributed by atoms with Gasteiger partial charge in [-0.3, -0.25) is 15.1 Å². The number of nitrogens with one attached hydrogen (secondary N) is 1. The molecule has 0 saturated heterocycles. The molecule has 2 aliphatic heterocycles. The highest BCUT2D eigenvalue weighted by Crippen LogP contribution is 2.48. The van der Waals surface area contributed by atoms with Gasteiger partial charge in [0.25, 0.3) is 11.7 Å². The van der Waals surface area contributed by atoms with Crippen molar-refractivity contribution < 1.29 is 31.7 Å². The van der Waals surface area contributed by atoms with Crippen molar-refractivity contribution in [3.05, 3.63) is 66.1 Å². The van der Waals surface area contributed by atoms with E-state index in [9.17, 15) is 13.2 Å². The van der Waals surface area contributed by atoms with Gasteiger partial charge in [0, 0.05) is 17.7 Å². The summed E-state index contributed by atoms with van der Waals surface area (Å²) in [7, 11) is -1.90. The number of ether oxygens (including phenoxy) is 2. The van der Waals surface area contributed by atoms with Gasteiger partial charge >= 0.3 is 0 Å². The summed E-state index contributed by atoms with van der Waals surface area (Å²) in [5.41, 5.74) is 6.70. The number of benzene rings is 1. The number of hydrogen-bond donors (Lipinski definition) is 2. The molecule has 0 saturated carbocycles. The minimum Gasteiger partial charge on any atom is -0.490 e. The zero-order valence-corrected chi connectivity index (χ0v) is 23.3. The Morgan fingerprint density at radius 1 is 1.23 bits per heavy atom. The second-order valence-corrected chi connectivity index (χ2v) is 13.2. The first kappa shape index (κ1) is 26.7. The van der Waals surface area contributed by atoms with Crippen molar-refractivity contribution in [1.82, 2.24) is 9.97 Å². The van der Waals surface area contributed by atoms with Crippen LogP contribution in [0.25, 0.3) is 0 Å². The van der Waals surface area contributed by atoms with Crippen LogP contribution in [-0.2, 0) is 22.0 Å². The fourth-order valence-electron chi connectivity index (χ4n) is 5.32. The van der Waals surface area contributed by atoms with Crippen LogP contribution in [0.1, 0.15) is 56.1 Å². The van der Waals surface area contributed by atoms with Crippen molar-refractivity contribution in [3.8, 4) is 11.5 Å². The van der Waals surface area contributed by atoms with Gasteiger partial charge < -0.3 is 19.2 Å². The number of carbonyl (C=O) groups is 1. The summed E-state index contributed by atoms with van der Waals surface area (Å²) < 4.78 is 45.2. The maximum atomic E-state index is 13.8. The highest BCUT2D eigenvalue weighted by molar-refractivity contribution is 7.94. The lowest BCUT2D eigenvalue weighted by Gasteiger charge is -2.44. The van der Waals surface area contributed by atoms with Crippen LogP contribution >= 0.6 is 0 Å². The van der Waals surface area contributed by atoms with Crippen molar-refractivity contribution in [2.24, 2.45) is 5.73 Å². The number of nitrogens with two attached hydrogens (primary N) is 1. The Bertz CT molecular complexity index is 1550. The minimum absolute atomic E-state index is 0.138. The molecule has 3 N–H and O–H groups in total. The van der Waals surface area contributed by atoms with Gasteiger partial charge in [-0.25, -0.2) is 18.4 Å². The lowest BCUT2D eigenvalue weighted by molar-refractivity contribution is -0.592. The molecule has 39 heavy (non-hydrogen) atoms. The number of sulfone groups is 1. The number of carbonyl (C=O) groups excluding carboxylic acids is 1. The zero-order valence-electron chi connectivity index (χ0n) is 22.5. The van der Waals surface area contributed by atoms with E-state index >= 15 is 0 Å². The molecule has 0 aliphatic carbocycles. The first-order chi connectivity index (χ1) is 18.4. The third kappa shape index (κ3) is 4.32. The molecule has 5 rings (SSSR count). The molecular weight excluding hydrogens is 522 g/mol. The van der Waals surface area contributed by atoms with E-state index in [1.807, 2.05) is 18.4 Å². The number of anilines is 1. The van der Waals surface area contributed by atoms with Crippen LogP contribution in [0.15, 0.2) is 53.4 Å². The maximum absolute atomic E-state index is 13.8. The molecule has 12 heteroatoms. The normalized spacial score (nSPS) is 25.1. The Kier molecular flexibility index (Phi) is 6.41. The highest BCUT2D eigenvalue weighted by Gasteiger charge is 2.63. The van der Waals surface area contributed by atoms with Gasteiger partial charge in [0.2, 0.25) is 5.89 Å². The summed E-state index contributed by atoms with van der Waals surface area (Å²) in [6.07, 6.45) is 4.38. The monoisotopic (exact) mass is 554 g/mol. The van der Waals surface area contributed by atoms with Gasteiger partial charge in [-0.15, -0.1) is 0 Å². The van der Waals surface area contributed by atoms with Gasteiger partial charge in [0.05, 0.1) is 25.5 Å². The summed E-state index contributed by atoms with van der Waals surface area (Å²) >= 11 is 0. The molecule has 3 unspecified atom stereocenters. The molecule has 1 aromatic carbocycles. The lowest BCUT2D eigenvalue weighted by Crippen LogP contribution is -2.66. The number of nitrogens with zero attached hydrogens (tertiary/aromatic N) is 3. The van der Waals surface area contributed by atoms with Gasteiger partial charge in [0.15, 0.2) is 21.2 Å². The second-order valence-electron chi connectivity index (χ2n) is 10.6. The molecule has 0 spiro atoms. The number of amides is 1. The summed E-state index contributed by atoms with van der Waals surface area (Å²) in [6.45, 7) is 7.14. The Labute approximate surface area is 227 Å². The van der Waals surface area contributed by atoms with Crippen LogP contribution in [0.5, 0.6) is 11.5 Å². The zero-order chi connectivity index (χ0) is 28.2. The molecule has 1 amide bonds. The third-order valence-electron chi connectivity index (χ3n) is 7.86. The van der Waals surface area contributed by atoms with E-state index in [2.05, 4.69) is 15.3 Å². The molecular formula is C27H32N5O6S+. The predicted octanol–water partition coefficient (Wildman–Crippen LogP) is 2.86. The second kappa shape index (κ2) is 9.37. The van der Waals surface area contributed by atoms with Gasteiger partial charge in [-0.05, 0) is 58.0 Å². The van der Waals surface area contributed by atoms with Crippen molar-refractivity contribution in [1.29, 1.82) is 0 Å². The summed E-state index contributed by atoms with van der Waals surface area (Å²) in [5, 5.41) is 2.07. The number of hydrogen-bond acceptors (Lipinski definition) is 9. The average Bonchev–Trinajstić information content (AvgIpc) is 3.39. The van der Waals surface area contributed by atoms with Gasteiger partial charge in [-0.1, -0.05) is 0 Å². The lowest BCUT2D eigenvalue weighted by atomic mass is 9.84. The molecule has 2 aliphatic rings. The maximum Gasteiger partial charge on any atom is 0.274 e. The SMILES string of the molecule is CC1CC2C(C)(c3cc(NC(=O)c4ccc(OCc5ncco5)cn4)ccc3O1)[N+](C)=C(N)C(C)(C)S2(=O)=O. The molecule has 0 bridgehead atoms. The summed E-state index contributed by atoms with van der Waals surface area (Å²) in [4.78, 5) is 21.2. The molecule has 0 fully saturated rings. The van der Waals surface area contributed by atoms with Crippen LogP contribution in [0.3, 0.4) is 0 Å². The van der Waals surface area contributed by atoms with E-state index in [1.165, 1.54) is 18.7 Å². The third-order valence-corrected chi connectivity index (χ3v) is 10.9. The quantitative estimate of drug-likeness (QED) is 0.454. The standard InChI is InChI=1S/C27H31N5O6S/c1-16-12-22-27(4,32(5)25(28)26(2,3)39(22,34)35)19-13-17(6-9-21(19)38-16)31-24(33)20-8-7-18(14-30-20)37-15-23-29-10-11-36-23/h6-11,13-14,16,22,28H,12,15H2,1-5H3,(H,31,33)/p+1. The fraction of sp³-hybridized carbons (Fsp3) is 0.407. The first-order valence-corrected chi connectivity index (χ1v) is 14.1. The summed E-state index contributed by atoms with van der Waals surface area (Å²) in [6, 6.07) is 8.40. The Morgan fingerprint density at radius 2 is 2.00 bits per heavy atom. The van der Waals surface area contributed by atoms with E-state index in [0.29, 0.717) is 35.1 Å². The van der Waals surface area contributed by atoms with Crippen molar-refractivity contribution in [2.75, 3.05) is 12.4 Å². The number of rotatable bonds is 5. The van der Waals surface area contributed by atoms with E-state index < -0.39 is 31.3 Å². The molecule has 206 valence electrons. The molecule has 0 radical (unpaired) electrons. The van der Waals surface area contributed by atoms with E-state index in [1.54, 1.807) is 51.2 Å². The van der Waals surface area contributed by atoms with Gasteiger partial charge in [0.1, 0.15) is 34.2 Å². The van der Waals surface area contributed by atoms with Crippen LogP contribution in [0, 0.1) is 0 Å². The Morgan fingerprint density at radius 3 is 2.67 bits per heavy atom. The van der Waals surface area contributed by atoms with Crippen molar-refractivity contribution in [3.63, 3.8) is 0 Å². The molecule has 4 heterocycles. The van der Waals surface area contributed by atoms with E-state index in [-0.39, 0.29) is 24.2 Å². The first-order valence-electron chi connectivity index (χ1n) is 12.6. The van der Waals surface area contributed by atoms with Crippen LogP contribution in [0.2, 0.25) is 0 Å². The smallest absolute Gasteiger partial charge is 0.274 e. The van der Waals surface area contributed by atoms with Crippen molar-refractivity contribution in [2.45, 2.75) is 62.4 Å². The average molecular weight is 555 g/mol. The summed E-state index contributed by atoms with van der Waals surface area (Å²) in [5.74, 6) is 1.25. The number of oxazole rings is 1. The van der Waals surface area contributed by atoms with Crippen LogP contribution in [0.4, 0.5) is 5.69 Å². The molecule has 3 atom stereocenters. The van der Waals surface area contributed by atoms with E-state index in [0.717, 1.165) is 0 Å². The van der Waals surface area contributed by atoms with Gasteiger partial charge in [-0.2, -0.15) is 0 Å². The topological polar surface area (TPSA) is 150 Å². The van der Waals surface area contributed by atoms with Crippen LogP contribution < -0.4 is 20.5 Å². The number of pyridine rings is 1.